The number of carbonyl (C=O) groups excluding carboxylic acids is 2. The summed E-state index contributed by atoms with van der Waals surface area (Å²) in [4.78, 5) is 32.5. The van der Waals surface area contributed by atoms with Gasteiger partial charge < -0.3 is 4.90 Å². The molecule has 0 radical (unpaired) electrons. The lowest BCUT2D eigenvalue weighted by Gasteiger charge is -2.30. The van der Waals surface area contributed by atoms with E-state index in [1.165, 1.54) is 17.3 Å². The van der Waals surface area contributed by atoms with Gasteiger partial charge in [0.15, 0.2) is 0 Å². The zero-order valence-corrected chi connectivity index (χ0v) is 17.2. The summed E-state index contributed by atoms with van der Waals surface area (Å²) in [5, 5.41) is 0.584. The highest BCUT2D eigenvalue weighted by Crippen LogP contribution is 2.28. The average Bonchev–Trinajstić information content (AvgIpc) is 2.79. The van der Waals surface area contributed by atoms with E-state index in [1.54, 1.807) is 18.3 Å². The summed E-state index contributed by atoms with van der Waals surface area (Å²) in [7, 11) is 0. The Morgan fingerprint density at radius 2 is 1.77 bits per heavy atom. The Morgan fingerprint density at radius 1 is 0.967 bits per heavy atom. The lowest BCUT2D eigenvalue weighted by Crippen LogP contribution is -2.47. The third kappa shape index (κ3) is 4.80. The standard InChI is InChI=1S/C23H22N4O2S/c28-21(16-27-15-7-9-17-8-4-5-13-20(17)27)25-26-22(29)19-12-6-14-24-23(19)30-18-10-2-1-3-11-18/h1-6,8,10-14H,7,9,15-16H2,(H,25,28)(H,26,29). The highest BCUT2D eigenvalue weighted by atomic mass is 32.2. The first-order valence-electron chi connectivity index (χ1n) is 9.80. The number of hydrazine groups is 1. The van der Waals surface area contributed by atoms with Crippen molar-refractivity contribution < 1.29 is 9.59 Å². The first-order valence-corrected chi connectivity index (χ1v) is 10.6. The van der Waals surface area contributed by atoms with Crippen molar-refractivity contribution in [3.63, 3.8) is 0 Å². The van der Waals surface area contributed by atoms with Crippen molar-refractivity contribution in [2.24, 2.45) is 0 Å². The first kappa shape index (κ1) is 20.0. The van der Waals surface area contributed by atoms with Crippen molar-refractivity contribution in [3.8, 4) is 0 Å². The fraction of sp³-hybridized carbons (Fsp3) is 0.174. The van der Waals surface area contributed by atoms with Crippen LogP contribution in [0.15, 0.2) is 82.8 Å². The van der Waals surface area contributed by atoms with Gasteiger partial charge in [-0.1, -0.05) is 48.2 Å². The Kier molecular flexibility index (Phi) is 6.29. The molecule has 0 bridgehead atoms. The first-order chi connectivity index (χ1) is 14.7. The Balaban J connectivity index is 1.37. The second-order valence-electron chi connectivity index (χ2n) is 6.93. The summed E-state index contributed by atoms with van der Waals surface area (Å²) in [5.41, 5.74) is 7.80. The summed E-state index contributed by atoms with van der Waals surface area (Å²) in [6.45, 7) is 1.01. The molecular weight excluding hydrogens is 396 g/mol. The average molecular weight is 419 g/mol. The van der Waals surface area contributed by atoms with Crippen molar-refractivity contribution in [2.75, 3.05) is 18.0 Å². The molecule has 0 spiro atoms. The van der Waals surface area contributed by atoms with Crippen molar-refractivity contribution in [1.29, 1.82) is 0 Å². The quantitative estimate of drug-likeness (QED) is 0.621. The van der Waals surface area contributed by atoms with E-state index in [1.807, 2.05) is 53.4 Å². The molecule has 0 saturated heterocycles. The molecule has 4 rings (SSSR count). The number of para-hydroxylation sites is 1. The molecule has 3 aromatic rings. The minimum absolute atomic E-state index is 0.190. The normalized spacial score (nSPS) is 12.7. The van der Waals surface area contributed by atoms with Crippen molar-refractivity contribution >= 4 is 29.3 Å². The zero-order chi connectivity index (χ0) is 20.8. The van der Waals surface area contributed by atoms with E-state index in [-0.39, 0.29) is 12.5 Å². The van der Waals surface area contributed by atoms with Gasteiger partial charge in [-0.05, 0) is 48.7 Å². The molecule has 0 atom stereocenters. The number of aromatic nitrogens is 1. The van der Waals surface area contributed by atoms with Crippen LogP contribution >= 0.6 is 11.8 Å². The molecule has 2 N–H and O–H groups in total. The SMILES string of the molecule is O=C(CN1CCCc2ccccc21)NNC(=O)c1cccnc1Sc1ccccc1. The molecule has 6 nitrogen and oxygen atoms in total. The molecule has 0 fully saturated rings. The number of aryl methyl sites for hydroxylation is 1. The fourth-order valence-corrected chi connectivity index (χ4v) is 4.33. The van der Waals surface area contributed by atoms with E-state index in [4.69, 9.17) is 0 Å². The molecule has 1 aliphatic heterocycles. The van der Waals surface area contributed by atoms with Gasteiger partial charge in [-0.15, -0.1) is 0 Å². The van der Waals surface area contributed by atoms with Gasteiger partial charge in [0.25, 0.3) is 11.8 Å². The third-order valence-electron chi connectivity index (χ3n) is 4.83. The van der Waals surface area contributed by atoms with Crippen LogP contribution < -0.4 is 15.8 Å². The number of rotatable bonds is 5. The summed E-state index contributed by atoms with van der Waals surface area (Å²) in [5.74, 6) is -0.657. The maximum Gasteiger partial charge on any atom is 0.272 e. The number of hydrogen-bond donors (Lipinski definition) is 2. The number of benzene rings is 2. The van der Waals surface area contributed by atoms with E-state index >= 15 is 0 Å². The summed E-state index contributed by atoms with van der Waals surface area (Å²) >= 11 is 1.40. The predicted octanol–water partition coefficient (Wildman–Crippen LogP) is 3.45. The molecule has 1 aliphatic rings. The predicted molar refractivity (Wildman–Crippen MR) is 117 cm³/mol. The molecule has 0 saturated carbocycles. The summed E-state index contributed by atoms with van der Waals surface area (Å²) in [6, 6.07) is 21.2. The van der Waals surface area contributed by atoms with Gasteiger partial charge in [-0.2, -0.15) is 0 Å². The van der Waals surface area contributed by atoms with Gasteiger partial charge in [0.2, 0.25) is 0 Å². The topological polar surface area (TPSA) is 74.3 Å². The molecule has 152 valence electrons. The van der Waals surface area contributed by atoms with Crippen molar-refractivity contribution in [3.05, 3.63) is 84.1 Å². The number of fused-ring (bicyclic) bond motifs is 1. The van der Waals surface area contributed by atoms with Gasteiger partial charge in [0, 0.05) is 23.3 Å². The van der Waals surface area contributed by atoms with E-state index in [2.05, 4.69) is 21.9 Å². The van der Waals surface area contributed by atoms with Crippen LogP contribution in [0, 0.1) is 0 Å². The van der Waals surface area contributed by atoms with Crippen molar-refractivity contribution in [2.45, 2.75) is 22.8 Å². The zero-order valence-electron chi connectivity index (χ0n) is 16.4. The van der Waals surface area contributed by atoms with E-state index in [0.717, 1.165) is 30.0 Å². The Hall–Kier alpha value is -3.32. The number of carbonyl (C=O) groups is 2. The Labute approximate surface area is 179 Å². The number of anilines is 1. The molecular formula is C23H22N4O2S. The smallest absolute Gasteiger partial charge is 0.272 e. The molecule has 1 aromatic heterocycles. The van der Waals surface area contributed by atoms with Gasteiger partial charge in [-0.25, -0.2) is 4.98 Å². The van der Waals surface area contributed by atoms with Crippen LogP contribution in [-0.4, -0.2) is 29.9 Å². The Bertz CT molecular complexity index is 1040. The number of hydrogen-bond acceptors (Lipinski definition) is 5. The van der Waals surface area contributed by atoms with Crippen LogP contribution in [0.5, 0.6) is 0 Å². The minimum atomic E-state index is -0.395. The van der Waals surface area contributed by atoms with E-state index in [0.29, 0.717) is 10.6 Å². The van der Waals surface area contributed by atoms with E-state index in [9.17, 15) is 9.59 Å². The van der Waals surface area contributed by atoms with Crippen LogP contribution in [0.4, 0.5) is 5.69 Å². The molecule has 2 heterocycles. The largest absolute Gasteiger partial charge is 0.362 e. The fourth-order valence-electron chi connectivity index (χ4n) is 3.43. The lowest BCUT2D eigenvalue weighted by molar-refractivity contribution is -0.120. The summed E-state index contributed by atoms with van der Waals surface area (Å²) < 4.78 is 0. The van der Waals surface area contributed by atoms with Crippen LogP contribution in [0.25, 0.3) is 0 Å². The van der Waals surface area contributed by atoms with Crippen LogP contribution in [0.2, 0.25) is 0 Å². The number of nitrogens with zero attached hydrogens (tertiary/aromatic N) is 2. The van der Waals surface area contributed by atoms with Gasteiger partial charge >= 0.3 is 0 Å². The molecule has 2 aromatic carbocycles. The van der Waals surface area contributed by atoms with Crippen LogP contribution in [-0.2, 0) is 11.2 Å². The van der Waals surface area contributed by atoms with Crippen molar-refractivity contribution in [1.82, 2.24) is 15.8 Å². The molecule has 0 unspecified atom stereocenters. The van der Waals surface area contributed by atoms with Gasteiger partial charge in [-0.3, -0.25) is 20.4 Å². The maximum absolute atomic E-state index is 12.7. The second kappa shape index (κ2) is 9.45. The second-order valence-corrected chi connectivity index (χ2v) is 7.99. The molecule has 2 amide bonds. The van der Waals surface area contributed by atoms with Crippen LogP contribution in [0.1, 0.15) is 22.3 Å². The number of amides is 2. The third-order valence-corrected chi connectivity index (χ3v) is 5.86. The van der Waals surface area contributed by atoms with Gasteiger partial charge in [0.1, 0.15) is 5.03 Å². The summed E-state index contributed by atoms with van der Waals surface area (Å²) in [6.07, 6.45) is 3.68. The maximum atomic E-state index is 12.7. The lowest BCUT2D eigenvalue weighted by atomic mass is 10.0. The van der Waals surface area contributed by atoms with Crippen LogP contribution in [0.3, 0.4) is 0 Å². The highest BCUT2D eigenvalue weighted by Gasteiger charge is 2.19. The van der Waals surface area contributed by atoms with E-state index < -0.39 is 5.91 Å². The number of nitrogens with one attached hydrogen (secondary N) is 2. The number of pyridine rings is 1. The molecule has 0 aliphatic carbocycles. The minimum Gasteiger partial charge on any atom is -0.362 e. The molecule has 7 heteroatoms. The monoisotopic (exact) mass is 418 g/mol. The molecule has 30 heavy (non-hydrogen) atoms. The Morgan fingerprint density at radius 3 is 2.63 bits per heavy atom. The highest BCUT2D eigenvalue weighted by molar-refractivity contribution is 7.99. The van der Waals surface area contributed by atoms with Gasteiger partial charge in [0.05, 0.1) is 12.1 Å².